The summed E-state index contributed by atoms with van der Waals surface area (Å²) in [7, 11) is 0. The van der Waals surface area contributed by atoms with Crippen molar-refractivity contribution < 1.29 is 0 Å². The van der Waals surface area contributed by atoms with E-state index in [2.05, 4.69) is 66.8 Å². The molecule has 3 heteroatoms. The quantitative estimate of drug-likeness (QED) is 0.261. The van der Waals surface area contributed by atoms with Crippen LogP contribution in [0.15, 0.2) is 67.6 Å². The van der Waals surface area contributed by atoms with Gasteiger partial charge in [-0.2, -0.15) is 0 Å². The molecular formula is C32H29N3. The Morgan fingerprint density at radius 3 is 2.37 bits per heavy atom. The molecule has 2 heterocycles. The second-order valence-electron chi connectivity index (χ2n) is 9.71. The molecule has 0 N–H and O–H groups in total. The van der Waals surface area contributed by atoms with Crippen LogP contribution in [0.1, 0.15) is 40.1 Å². The summed E-state index contributed by atoms with van der Waals surface area (Å²) in [6.45, 7) is 10.4. The number of fused-ring (bicyclic) bond motifs is 1. The molecule has 0 unspecified atom stereocenters. The van der Waals surface area contributed by atoms with Crippen molar-refractivity contribution in [3.63, 3.8) is 0 Å². The first-order chi connectivity index (χ1) is 17.1. The topological polar surface area (TPSA) is 38.7 Å². The molecule has 0 saturated carbocycles. The molecule has 0 atom stereocenters. The Morgan fingerprint density at radius 2 is 1.60 bits per heavy atom. The van der Waals surface area contributed by atoms with Crippen LogP contribution in [0.3, 0.4) is 0 Å². The minimum atomic E-state index is 0.787. The largest absolute Gasteiger partial charge is 0.256 e. The predicted octanol–water partition coefficient (Wildman–Crippen LogP) is 7.65. The average molecular weight is 456 g/mol. The summed E-state index contributed by atoms with van der Waals surface area (Å²) in [5.41, 5.74) is 12.6. The van der Waals surface area contributed by atoms with E-state index in [-0.39, 0.29) is 0 Å². The van der Waals surface area contributed by atoms with E-state index < -0.39 is 0 Å². The number of allylic oxidation sites excluding steroid dienone is 1. The van der Waals surface area contributed by atoms with Gasteiger partial charge < -0.3 is 0 Å². The van der Waals surface area contributed by atoms with E-state index in [1.54, 1.807) is 0 Å². The Hall–Kier alpha value is -3.85. The number of hydrogen-bond acceptors (Lipinski definition) is 3. The highest BCUT2D eigenvalue weighted by atomic mass is 14.8. The van der Waals surface area contributed by atoms with Gasteiger partial charge in [-0.05, 0) is 102 Å². The van der Waals surface area contributed by atoms with Crippen LogP contribution in [-0.2, 0) is 19.3 Å². The lowest BCUT2D eigenvalue weighted by Gasteiger charge is -2.22. The fourth-order valence-corrected chi connectivity index (χ4v) is 5.85. The molecule has 0 bridgehead atoms. The van der Waals surface area contributed by atoms with E-state index in [0.29, 0.717) is 0 Å². The first kappa shape index (κ1) is 21.7. The van der Waals surface area contributed by atoms with Gasteiger partial charge in [-0.1, -0.05) is 36.4 Å². The van der Waals surface area contributed by atoms with Gasteiger partial charge in [0.05, 0.1) is 5.52 Å². The monoisotopic (exact) mass is 455 g/mol. The summed E-state index contributed by atoms with van der Waals surface area (Å²) in [4.78, 5) is 13.8. The minimum Gasteiger partial charge on any atom is -0.256 e. The number of nitrogens with zero attached hydrogens (tertiary/aromatic N) is 3. The van der Waals surface area contributed by atoms with Gasteiger partial charge in [-0.15, -0.1) is 6.58 Å². The minimum absolute atomic E-state index is 0.787. The van der Waals surface area contributed by atoms with Gasteiger partial charge in [0.1, 0.15) is 5.82 Å². The zero-order valence-corrected chi connectivity index (χ0v) is 20.7. The zero-order chi connectivity index (χ0) is 24.1. The van der Waals surface area contributed by atoms with Gasteiger partial charge in [0.25, 0.3) is 0 Å². The van der Waals surface area contributed by atoms with E-state index in [1.807, 2.05) is 31.6 Å². The van der Waals surface area contributed by atoms with Crippen LogP contribution >= 0.6 is 0 Å². The van der Waals surface area contributed by atoms with Crippen molar-refractivity contribution in [2.45, 2.75) is 46.5 Å². The summed E-state index contributed by atoms with van der Waals surface area (Å²) in [6, 6.07) is 13.7. The van der Waals surface area contributed by atoms with Crippen molar-refractivity contribution in [2.24, 2.45) is 0 Å². The van der Waals surface area contributed by atoms with Crippen LogP contribution in [0.25, 0.3) is 43.9 Å². The molecule has 0 spiro atoms. The van der Waals surface area contributed by atoms with Gasteiger partial charge >= 0.3 is 0 Å². The first-order valence-electron chi connectivity index (χ1n) is 12.4. The van der Waals surface area contributed by atoms with Gasteiger partial charge in [0.2, 0.25) is 0 Å². The molecule has 3 nitrogen and oxygen atoms in total. The van der Waals surface area contributed by atoms with E-state index in [1.165, 1.54) is 67.1 Å². The highest BCUT2D eigenvalue weighted by Crippen LogP contribution is 2.42. The number of benzene rings is 3. The van der Waals surface area contributed by atoms with Crippen molar-refractivity contribution >= 4 is 21.7 Å². The fraction of sp³-hybridized carbons (Fsp3) is 0.219. The maximum Gasteiger partial charge on any atom is 0.125 e. The van der Waals surface area contributed by atoms with E-state index >= 15 is 0 Å². The summed E-state index contributed by atoms with van der Waals surface area (Å²) in [5.74, 6) is 0.787. The first-order valence-corrected chi connectivity index (χ1v) is 12.4. The summed E-state index contributed by atoms with van der Waals surface area (Å²) < 4.78 is 0. The molecule has 6 rings (SSSR count). The van der Waals surface area contributed by atoms with Gasteiger partial charge in [-0.25, -0.2) is 9.97 Å². The molecule has 0 fully saturated rings. The lowest BCUT2D eigenvalue weighted by Crippen LogP contribution is -2.04. The number of aryl methyl sites for hydroxylation is 5. The predicted molar refractivity (Wildman–Crippen MR) is 146 cm³/mol. The third-order valence-electron chi connectivity index (χ3n) is 7.59. The molecule has 0 saturated heterocycles. The number of pyridine rings is 1. The van der Waals surface area contributed by atoms with Gasteiger partial charge in [0, 0.05) is 35.1 Å². The molecule has 0 radical (unpaired) electrons. The highest BCUT2D eigenvalue weighted by molar-refractivity contribution is 6.09. The highest BCUT2D eigenvalue weighted by Gasteiger charge is 2.21. The normalized spacial score (nSPS) is 12.9. The summed E-state index contributed by atoms with van der Waals surface area (Å²) in [6.07, 6.45) is 12.1. The summed E-state index contributed by atoms with van der Waals surface area (Å²) in [5, 5.41) is 3.89. The second-order valence-corrected chi connectivity index (χ2v) is 9.71. The Kier molecular flexibility index (Phi) is 5.21. The molecule has 5 aromatic rings. The van der Waals surface area contributed by atoms with E-state index in [9.17, 15) is 0 Å². The van der Waals surface area contributed by atoms with Crippen LogP contribution in [0.5, 0.6) is 0 Å². The van der Waals surface area contributed by atoms with Crippen molar-refractivity contribution in [1.82, 2.24) is 15.0 Å². The Labute approximate surface area is 206 Å². The maximum atomic E-state index is 4.95. The van der Waals surface area contributed by atoms with Crippen molar-refractivity contribution in [2.75, 3.05) is 0 Å². The molecule has 3 aromatic carbocycles. The fourth-order valence-electron chi connectivity index (χ4n) is 5.85. The van der Waals surface area contributed by atoms with Crippen molar-refractivity contribution in [1.29, 1.82) is 0 Å². The molecular weight excluding hydrogens is 426 g/mol. The Bertz CT molecular complexity index is 1620. The summed E-state index contributed by atoms with van der Waals surface area (Å²) >= 11 is 0. The van der Waals surface area contributed by atoms with Crippen LogP contribution in [0, 0.1) is 20.8 Å². The molecule has 1 aliphatic rings. The molecule has 1 aliphatic carbocycles. The Morgan fingerprint density at radius 1 is 0.857 bits per heavy atom. The molecule has 0 aliphatic heterocycles. The SMILES string of the molecule is C=CCc1c(C)cc2c(C)c(-c3cnc(C)nc3)ccc2c1-c1ccc2c3c(ccnc13)CCC2. The molecule has 0 amide bonds. The van der Waals surface area contributed by atoms with Gasteiger partial charge in [-0.3, -0.25) is 4.98 Å². The lowest BCUT2D eigenvalue weighted by molar-refractivity contribution is 0.806. The molecule has 35 heavy (non-hydrogen) atoms. The third kappa shape index (κ3) is 3.46. The standard InChI is InChI=1S/C32H29N3/c1-5-7-25-19(2)16-29-20(3)26(24-17-34-21(4)35-18-24)12-13-27(29)31(25)28-11-10-22-8-6-9-23-14-15-33-32(28)30(22)23/h5,10-18H,1,6-9H2,2-4H3. The van der Waals surface area contributed by atoms with Crippen molar-refractivity contribution in [3.05, 3.63) is 101 Å². The molecule has 2 aromatic heterocycles. The van der Waals surface area contributed by atoms with Crippen molar-refractivity contribution in [3.8, 4) is 22.3 Å². The number of rotatable bonds is 4. The second kappa shape index (κ2) is 8.42. The smallest absolute Gasteiger partial charge is 0.125 e. The zero-order valence-electron chi connectivity index (χ0n) is 20.7. The maximum absolute atomic E-state index is 4.95. The van der Waals surface area contributed by atoms with Crippen LogP contribution in [0.2, 0.25) is 0 Å². The van der Waals surface area contributed by atoms with E-state index in [4.69, 9.17) is 4.98 Å². The van der Waals surface area contributed by atoms with E-state index in [0.717, 1.165) is 36.2 Å². The number of hydrogen-bond donors (Lipinski definition) is 0. The average Bonchev–Trinajstić information content (AvgIpc) is 2.87. The van der Waals surface area contributed by atoms with Crippen LogP contribution in [-0.4, -0.2) is 15.0 Å². The lowest BCUT2D eigenvalue weighted by atomic mass is 9.82. The molecule has 172 valence electrons. The van der Waals surface area contributed by atoms with Crippen LogP contribution < -0.4 is 0 Å². The number of aromatic nitrogens is 3. The third-order valence-corrected chi connectivity index (χ3v) is 7.59. The van der Waals surface area contributed by atoms with Gasteiger partial charge in [0.15, 0.2) is 0 Å². The Balaban J connectivity index is 1.69. The van der Waals surface area contributed by atoms with Crippen LogP contribution in [0.4, 0.5) is 0 Å².